The van der Waals surface area contributed by atoms with Crippen molar-refractivity contribution in [3.63, 3.8) is 0 Å². The van der Waals surface area contributed by atoms with Crippen molar-refractivity contribution >= 4 is 21.9 Å². The van der Waals surface area contributed by atoms with Crippen LogP contribution in [-0.4, -0.2) is 15.4 Å². The van der Waals surface area contributed by atoms with E-state index in [9.17, 15) is 4.79 Å². The summed E-state index contributed by atoms with van der Waals surface area (Å²) in [5.74, 6) is -0.663. The van der Waals surface area contributed by atoms with Crippen molar-refractivity contribution in [3.8, 4) is 0 Å². The minimum Gasteiger partial charge on any atom is -0.480 e. The first kappa shape index (κ1) is 8.54. The maximum atomic E-state index is 10.9. The van der Waals surface area contributed by atoms with Crippen molar-refractivity contribution in [2.45, 2.75) is 42.8 Å². The van der Waals surface area contributed by atoms with E-state index in [4.69, 9.17) is 5.11 Å². The molecule has 0 radical (unpaired) electrons. The van der Waals surface area contributed by atoms with Gasteiger partial charge in [-0.15, -0.1) is 0 Å². The van der Waals surface area contributed by atoms with E-state index in [1.54, 1.807) is 0 Å². The second kappa shape index (κ2) is 2.47. The van der Waals surface area contributed by atoms with Gasteiger partial charge in [-0.25, -0.2) is 0 Å². The maximum absolute atomic E-state index is 10.9. The average Bonchev–Trinajstić information content (AvgIpc) is 2.59. The normalized spacial score (nSPS) is 38.1. The lowest BCUT2D eigenvalue weighted by atomic mass is 9.84. The number of hydrogen-bond donors (Lipinski definition) is 1. The molecule has 1 spiro atoms. The SMILES string of the molecule is O=C(O)[C@@]1(Br)CC12CCCCC2. The first-order chi connectivity index (χ1) is 5.61. The predicted molar refractivity (Wildman–Crippen MR) is 49.4 cm³/mol. The Morgan fingerprint density at radius 2 is 1.83 bits per heavy atom. The Morgan fingerprint density at radius 3 is 2.25 bits per heavy atom. The lowest BCUT2D eigenvalue weighted by Crippen LogP contribution is -2.25. The van der Waals surface area contributed by atoms with Crippen LogP contribution in [0.3, 0.4) is 0 Å². The highest BCUT2D eigenvalue weighted by Crippen LogP contribution is 2.68. The van der Waals surface area contributed by atoms with E-state index < -0.39 is 10.3 Å². The van der Waals surface area contributed by atoms with E-state index in [1.165, 1.54) is 19.3 Å². The molecule has 12 heavy (non-hydrogen) atoms. The fraction of sp³-hybridized carbons (Fsp3) is 0.889. The summed E-state index contributed by atoms with van der Waals surface area (Å²) in [6, 6.07) is 0. The third kappa shape index (κ3) is 0.951. The maximum Gasteiger partial charge on any atom is 0.321 e. The fourth-order valence-corrected chi connectivity index (χ4v) is 3.46. The highest BCUT2D eigenvalue weighted by atomic mass is 79.9. The average molecular weight is 233 g/mol. The van der Waals surface area contributed by atoms with Crippen molar-refractivity contribution in [2.24, 2.45) is 5.41 Å². The van der Waals surface area contributed by atoms with Crippen LogP contribution in [0, 0.1) is 5.41 Å². The zero-order chi connectivity index (χ0) is 8.82. The Balaban J connectivity index is 2.12. The summed E-state index contributed by atoms with van der Waals surface area (Å²) in [6.45, 7) is 0. The standard InChI is InChI=1S/C9H13BrO2/c10-9(7(11)12)6-8(9)4-2-1-3-5-8/h1-6H2,(H,11,12)/t9-/m0/s1. The van der Waals surface area contributed by atoms with Gasteiger partial charge >= 0.3 is 5.97 Å². The molecule has 68 valence electrons. The number of rotatable bonds is 1. The van der Waals surface area contributed by atoms with Crippen molar-refractivity contribution < 1.29 is 9.90 Å². The molecular formula is C9H13BrO2. The van der Waals surface area contributed by atoms with Gasteiger partial charge in [-0.3, -0.25) is 4.79 Å². The Morgan fingerprint density at radius 1 is 1.25 bits per heavy atom. The van der Waals surface area contributed by atoms with Crippen molar-refractivity contribution in [1.29, 1.82) is 0 Å². The van der Waals surface area contributed by atoms with Crippen LogP contribution in [0.1, 0.15) is 38.5 Å². The lowest BCUT2D eigenvalue weighted by molar-refractivity contribution is -0.138. The van der Waals surface area contributed by atoms with Crippen LogP contribution in [0.5, 0.6) is 0 Å². The molecule has 0 aromatic carbocycles. The zero-order valence-corrected chi connectivity index (χ0v) is 8.56. The third-order valence-corrected chi connectivity index (χ3v) is 4.91. The molecular weight excluding hydrogens is 220 g/mol. The summed E-state index contributed by atoms with van der Waals surface area (Å²) in [5, 5.41) is 8.98. The summed E-state index contributed by atoms with van der Waals surface area (Å²) in [7, 11) is 0. The van der Waals surface area contributed by atoms with Crippen LogP contribution in [0.25, 0.3) is 0 Å². The van der Waals surface area contributed by atoms with Gasteiger partial charge in [-0.1, -0.05) is 35.2 Å². The van der Waals surface area contributed by atoms with Crippen LogP contribution in [0.15, 0.2) is 0 Å². The number of halogens is 1. The van der Waals surface area contributed by atoms with Crippen LogP contribution < -0.4 is 0 Å². The number of alkyl halides is 1. The van der Waals surface area contributed by atoms with E-state index in [0.29, 0.717) is 0 Å². The molecule has 0 bridgehead atoms. The molecule has 0 aromatic heterocycles. The summed E-state index contributed by atoms with van der Waals surface area (Å²) in [5.41, 5.74) is 0.122. The Bertz CT molecular complexity index is 221. The van der Waals surface area contributed by atoms with E-state index in [-0.39, 0.29) is 5.41 Å². The monoisotopic (exact) mass is 232 g/mol. The Labute approximate surface area is 80.5 Å². The quantitative estimate of drug-likeness (QED) is 0.706. The summed E-state index contributed by atoms with van der Waals surface area (Å²) in [4.78, 5) is 10.9. The van der Waals surface area contributed by atoms with Gasteiger partial charge in [0.2, 0.25) is 0 Å². The second-order valence-corrected chi connectivity index (χ2v) is 5.48. The third-order valence-electron chi connectivity index (χ3n) is 3.45. The number of carboxylic acid groups (broad SMARTS) is 1. The van der Waals surface area contributed by atoms with Crippen LogP contribution in [-0.2, 0) is 4.79 Å². The van der Waals surface area contributed by atoms with Crippen molar-refractivity contribution in [3.05, 3.63) is 0 Å². The molecule has 2 rings (SSSR count). The van der Waals surface area contributed by atoms with E-state index in [0.717, 1.165) is 19.3 Å². The van der Waals surface area contributed by atoms with Gasteiger partial charge in [-0.2, -0.15) is 0 Å². The molecule has 2 saturated carbocycles. The van der Waals surface area contributed by atoms with Gasteiger partial charge < -0.3 is 5.11 Å². The molecule has 2 aliphatic rings. The molecule has 1 N–H and O–H groups in total. The second-order valence-electron chi connectivity index (χ2n) is 4.12. The minimum atomic E-state index is -0.663. The summed E-state index contributed by atoms with van der Waals surface area (Å²) < 4.78 is -0.555. The highest BCUT2D eigenvalue weighted by molar-refractivity contribution is 9.10. The predicted octanol–water partition coefficient (Wildman–Crippen LogP) is 2.56. The van der Waals surface area contributed by atoms with Crippen LogP contribution in [0.4, 0.5) is 0 Å². The van der Waals surface area contributed by atoms with Gasteiger partial charge in [0.1, 0.15) is 4.32 Å². The minimum absolute atomic E-state index is 0.122. The van der Waals surface area contributed by atoms with Gasteiger partial charge in [0.15, 0.2) is 0 Å². The molecule has 0 unspecified atom stereocenters. The van der Waals surface area contributed by atoms with E-state index >= 15 is 0 Å². The molecule has 1 atom stereocenters. The highest BCUT2D eigenvalue weighted by Gasteiger charge is 2.70. The van der Waals surface area contributed by atoms with Gasteiger partial charge in [0, 0.05) is 0 Å². The first-order valence-electron chi connectivity index (χ1n) is 4.53. The molecule has 0 saturated heterocycles. The number of hydrogen-bond acceptors (Lipinski definition) is 1. The molecule has 3 heteroatoms. The Hall–Kier alpha value is -0.0500. The summed E-state index contributed by atoms with van der Waals surface area (Å²) in [6.07, 6.45) is 6.75. The van der Waals surface area contributed by atoms with Crippen molar-refractivity contribution in [1.82, 2.24) is 0 Å². The molecule has 2 fully saturated rings. The van der Waals surface area contributed by atoms with Gasteiger partial charge in [0.05, 0.1) is 0 Å². The fourth-order valence-electron chi connectivity index (χ4n) is 2.53. The largest absolute Gasteiger partial charge is 0.480 e. The first-order valence-corrected chi connectivity index (χ1v) is 5.32. The molecule has 2 aliphatic carbocycles. The number of aliphatic carboxylic acids is 1. The smallest absolute Gasteiger partial charge is 0.321 e. The number of carbonyl (C=O) groups is 1. The van der Waals surface area contributed by atoms with Gasteiger partial charge in [-0.05, 0) is 24.7 Å². The molecule has 0 heterocycles. The van der Waals surface area contributed by atoms with E-state index in [2.05, 4.69) is 15.9 Å². The lowest BCUT2D eigenvalue weighted by Gasteiger charge is -2.23. The zero-order valence-electron chi connectivity index (χ0n) is 6.98. The molecule has 0 aliphatic heterocycles. The molecule has 0 amide bonds. The van der Waals surface area contributed by atoms with Crippen molar-refractivity contribution in [2.75, 3.05) is 0 Å². The van der Waals surface area contributed by atoms with Crippen LogP contribution >= 0.6 is 15.9 Å². The van der Waals surface area contributed by atoms with Gasteiger partial charge in [0.25, 0.3) is 0 Å². The Kier molecular flexibility index (Phi) is 1.76. The van der Waals surface area contributed by atoms with Crippen LogP contribution in [0.2, 0.25) is 0 Å². The van der Waals surface area contributed by atoms with E-state index in [1.807, 2.05) is 0 Å². The topological polar surface area (TPSA) is 37.3 Å². The molecule has 0 aromatic rings. The summed E-state index contributed by atoms with van der Waals surface area (Å²) >= 11 is 3.37. The number of carboxylic acids is 1. The molecule has 2 nitrogen and oxygen atoms in total.